The van der Waals surface area contributed by atoms with Gasteiger partial charge in [0.2, 0.25) is 0 Å². The molecule has 0 aliphatic carbocycles. The van der Waals surface area contributed by atoms with Crippen molar-refractivity contribution >= 4 is 0 Å². The molecule has 5 aromatic rings. The Bertz CT molecular complexity index is 679. The Labute approximate surface area is 206 Å². The fourth-order valence-electron chi connectivity index (χ4n) is 2.09. The molecule has 2 N–H and O–H groups in total. The minimum atomic E-state index is 1.25. The summed E-state index contributed by atoms with van der Waals surface area (Å²) in [6.07, 6.45) is 25.9. The van der Waals surface area contributed by atoms with Crippen LogP contribution in [0.25, 0.3) is 0 Å². The van der Waals surface area contributed by atoms with Crippen molar-refractivity contribution in [2.45, 2.75) is 19.3 Å². The van der Waals surface area contributed by atoms with E-state index in [1.165, 1.54) is 38.7 Å². The van der Waals surface area contributed by atoms with E-state index in [4.69, 9.17) is 0 Å². The fourth-order valence-corrected chi connectivity index (χ4v) is 2.09. The molecule has 0 spiro atoms. The zero-order valence-electron chi connectivity index (χ0n) is 19.7. The van der Waals surface area contributed by atoms with Gasteiger partial charge in [-0.2, -0.15) is 15.3 Å². The van der Waals surface area contributed by atoms with Crippen LogP contribution in [0.3, 0.4) is 0 Å². The molecule has 0 bridgehead atoms. The van der Waals surface area contributed by atoms with E-state index in [-0.39, 0.29) is 0 Å². The quantitative estimate of drug-likeness (QED) is 0.346. The molecule has 10 heteroatoms. The van der Waals surface area contributed by atoms with Crippen LogP contribution in [0.1, 0.15) is 19.3 Å². The normalized spacial score (nSPS) is 10.7. The van der Waals surface area contributed by atoms with E-state index in [1.54, 1.807) is 80.4 Å². The largest absolute Gasteiger partial charge is 0.317 e. The molecular formula is C25H32N10. The molecular weight excluding hydrogens is 440 g/mol. The first kappa shape index (κ1) is 28.6. The monoisotopic (exact) mass is 472 g/mol. The number of hydrogen-bond acceptors (Lipinski definition) is 9. The third kappa shape index (κ3) is 24.0. The summed E-state index contributed by atoms with van der Waals surface area (Å²) in [5.74, 6) is 0. The smallest absolute Gasteiger partial charge is 0.115 e. The van der Waals surface area contributed by atoms with Gasteiger partial charge in [0, 0.05) is 74.4 Å². The first-order valence-corrected chi connectivity index (χ1v) is 11.1. The Morgan fingerprint density at radius 3 is 1.14 bits per heavy atom. The van der Waals surface area contributed by atoms with Crippen LogP contribution in [0.4, 0.5) is 0 Å². The Kier molecular flexibility index (Phi) is 21.1. The highest BCUT2D eigenvalue weighted by Gasteiger charge is 1.93. The summed E-state index contributed by atoms with van der Waals surface area (Å²) in [4.78, 5) is 18.6. The lowest BCUT2D eigenvalue weighted by atomic mass is 10.2. The molecule has 0 unspecified atom stereocenters. The first-order valence-electron chi connectivity index (χ1n) is 11.1. The maximum absolute atomic E-state index is 3.78. The molecule has 10 nitrogen and oxygen atoms in total. The number of piperidine rings is 1. The van der Waals surface area contributed by atoms with Gasteiger partial charge in [-0.3, -0.25) is 20.1 Å². The average molecular weight is 473 g/mol. The molecule has 1 fully saturated rings. The van der Waals surface area contributed by atoms with Crippen LogP contribution in [0.15, 0.2) is 123 Å². The highest BCUT2D eigenvalue weighted by molar-refractivity contribution is 4.88. The Morgan fingerprint density at radius 2 is 0.971 bits per heavy atom. The Morgan fingerprint density at radius 1 is 0.429 bits per heavy atom. The van der Waals surface area contributed by atoms with E-state index in [9.17, 15) is 0 Å². The average Bonchev–Trinajstić information content (AvgIpc) is 3.60. The molecule has 0 radical (unpaired) electrons. The van der Waals surface area contributed by atoms with Gasteiger partial charge >= 0.3 is 0 Å². The molecule has 35 heavy (non-hydrogen) atoms. The van der Waals surface area contributed by atoms with Crippen LogP contribution < -0.4 is 5.32 Å². The molecule has 6 rings (SSSR count). The van der Waals surface area contributed by atoms with Gasteiger partial charge in [0.25, 0.3) is 0 Å². The maximum atomic E-state index is 3.78. The number of nitrogens with zero attached hydrogens (tertiary/aromatic N) is 8. The van der Waals surface area contributed by atoms with E-state index >= 15 is 0 Å². The fraction of sp³-hybridized carbons (Fsp3) is 0.200. The van der Waals surface area contributed by atoms with Crippen molar-refractivity contribution in [3.05, 3.63) is 123 Å². The second-order valence-electron chi connectivity index (χ2n) is 6.31. The highest BCUT2D eigenvalue weighted by Crippen LogP contribution is 1.96. The number of hydrogen-bond donors (Lipinski definition) is 2. The van der Waals surface area contributed by atoms with Gasteiger partial charge in [0.15, 0.2) is 0 Å². The van der Waals surface area contributed by atoms with Gasteiger partial charge in [-0.1, -0.05) is 12.5 Å². The van der Waals surface area contributed by atoms with Crippen molar-refractivity contribution in [2.75, 3.05) is 13.1 Å². The molecule has 1 saturated heterocycles. The lowest BCUT2D eigenvalue weighted by Crippen LogP contribution is -2.21. The van der Waals surface area contributed by atoms with Crippen molar-refractivity contribution in [3.8, 4) is 0 Å². The number of aromatic amines is 1. The summed E-state index contributed by atoms with van der Waals surface area (Å²) in [5.41, 5.74) is 0. The summed E-state index contributed by atoms with van der Waals surface area (Å²) >= 11 is 0. The van der Waals surface area contributed by atoms with Crippen molar-refractivity contribution in [2.24, 2.45) is 0 Å². The second-order valence-corrected chi connectivity index (χ2v) is 6.31. The zero-order chi connectivity index (χ0) is 24.7. The topological polar surface area (TPSA) is 131 Å². The molecule has 0 amide bonds. The number of H-pyrrole nitrogens is 1. The van der Waals surface area contributed by atoms with Gasteiger partial charge in [0.1, 0.15) is 6.33 Å². The molecule has 1 aliphatic heterocycles. The third-order valence-electron chi connectivity index (χ3n) is 3.62. The van der Waals surface area contributed by atoms with Crippen LogP contribution >= 0.6 is 0 Å². The number of pyridine rings is 1. The lowest BCUT2D eigenvalue weighted by molar-refractivity contribution is 0.520. The summed E-state index contributed by atoms with van der Waals surface area (Å²) in [6.45, 7) is 2.50. The van der Waals surface area contributed by atoms with Gasteiger partial charge in [-0.15, -0.1) is 0 Å². The van der Waals surface area contributed by atoms with E-state index < -0.39 is 0 Å². The number of nitrogens with one attached hydrogen (secondary N) is 2. The van der Waals surface area contributed by atoms with Crippen molar-refractivity contribution < 1.29 is 0 Å². The standard InChI is InChI=1S/C5H11N.C5H5N.3C4H4N2.C3H4N2/c2*1-2-4-6-5-3-1;1-2-6-4-3-5-1;1-2-5-4-6-3-1;1-2-4-6-5-3-1;1-2-4-5-3-1/h6H,1-5H2;1-5H;3*1-4H;1-3H,(H,4,5). The van der Waals surface area contributed by atoms with Gasteiger partial charge < -0.3 is 5.32 Å². The Balaban J connectivity index is 0.000000210. The molecule has 1 aliphatic rings. The first-order chi connectivity index (χ1) is 17.5. The number of rotatable bonds is 0. The molecule has 0 atom stereocenters. The molecule has 6 heterocycles. The van der Waals surface area contributed by atoms with Crippen molar-refractivity contribution in [1.82, 2.24) is 50.6 Å². The van der Waals surface area contributed by atoms with E-state index in [1.807, 2.05) is 36.4 Å². The predicted molar refractivity (Wildman–Crippen MR) is 136 cm³/mol. The highest BCUT2D eigenvalue weighted by atomic mass is 15.1. The second kappa shape index (κ2) is 25.8. The molecule has 0 aromatic carbocycles. The Hall–Kier alpha value is -4.44. The maximum Gasteiger partial charge on any atom is 0.115 e. The van der Waals surface area contributed by atoms with Crippen LogP contribution in [0, 0.1) is 0 Å². The summed E-state index contributed by atoms with van der Waals surface area (Å²) in [7, 11) is 0. The van der Waals surface area contributed by atoms with Crippen LogP contribution in [-0.2, 0) is 0 Å². The number of aromatic nitrogens is 9. The van der Waals surface area contributed by atoms with Gasteiger partial charge in [0.05, 0.1) is 0 Å². The summed E-state index contributed by atoms with van der Waals surface area (Å²) in [5, 5.41) is 16.6. The van der Waals surface area contributed by atoms with Crippen molar-refractivity contribution in [3.63, 3.8) is 0 Å². The third-order valence-corrected chi connectivity index (χ3v) is 3.62. The van der Waals surface area contributed by atoms with Crippen LogP contribution in [0.2, 0.25) is 0 Å². The lowest BCUT2D eigenvalue weighted by Gasteiger charge is -2.08. The van der Waals surface area contributed by atoms with E-state index in [0.717, 1.165) is 0 Å². The molecule has 182 valence electrons. The van der Waals surface area contributed by atoms with E-state index in [2.05, 4.69) is 50.6 Å². The molecule has 5 aromatic heterocycles. The van der Waals surface area contributed by atoms with Gasteiger partial charge in [-0.25, -0.2) is 9.97 Å². The minimum Gasteiger partial charge on any atom is -0.317 e. The SMILES string of the molecule is C1CCNCC1.c1ccncc1.c1ccnnc1.c1cn[nH]c1.c1cnccn1.c1cncnc1. The zero-order valence-corrected chi connectivity index (χ0v) is 19.7. The molecule has 0 saturated carbocycles. The summed E-state index contributed by atoms with van der Waals surface area (Å²) < 4.78 is 0. The van der Waals surface area contributed by atoms with Crippen LogP contribution in [-0.4, -0.2) is 58.4 Å². The predicted octanol–water partition coefficient (Wildman–Crippen LogP) is 3.68. The summed E-state index contributed by atoms with van der Waals surface area (Å²) in [6, 6.07) is 13.0. The van der Waals surface area contributed by atoms with Gasteiger partial charge in [-0.05, 0) is 62.3 Å². The van der Waals surface area contributed by atoms with E-state index in [0.29, 0.717) is 0 Å². The minimum absolute atomic E-state index is 1.25. The van der Waals surface area contributed by atoms with Crippen LogP contribution in [0.5, 0.6) is 0 Å². The van der Waals surface area contributed by atoms with Crippen molar-refractivity contribution in [1.29, 1.82) is 0 Å².